The zero-order valence-corrected chi connectivity index (χ0v) is 13.5. The number of anilines is 1. The first-order chi connectivity index (χ1) is 11.0. The second-order valence-corrected chi connectivity index (χ2v) is 6.73. The first kappa shape index (κ1) is 15.8. The third-order valence-corrected chi connectivity index (χ3v) is 5.50. The van der Waals surface area contributed by atoms with Gasteiger partial charge in [-0.2, -0.15) is 0 Å². The second-order valence-electron chi connectivity index (χ2n) is 6.73. The van der Waals surface area contributed by atoms with Crippen molar-refractivity contribution in [3.05, 3.63) is 23.8 Å². The number of carboxylic acid groups (broad SMARTS) is 1. The highest BCUT2D eigenvalue weighted by molar-refractivity contribution is 5.96. The highest BCUT2D eigenvalue weighted by atomic mass is 16.5. The van der Waals surface area contributed by atoms with Crippen molar-refractivity contribution in [1.29, 1.82) is 0 Å². The molecule has 2 atom stereocenters. The van der Waals surface area contributed by atoms with E-state index in [0.717, 1.165) is 42.7 Å². The quantitative estimate of drug-likeness (QED) is 0.895. The largest absolute Gasteiger partial charge is 0.497 e. The van der Waals surface area contributed by atoms with E-state index in [4.69, 9.17) is 4.74 Å². The number of carboxylic acids is 1. The van der Waals surface area contributed by atoms with Gasteiger partial charge in [0, 0.05) is 5.69 Å². The van der Waals surface area contributed by atoms with Gasteiger partial charge >= 0.3 is 5.97 Å². The molecule has 3 fully saturated rings. The maximum absolute atomic E-state index is 12.8. The van der Waals surface area contributed by atoms with Gasteiger partial charge in [-0.15, -0.1) is 0 Å². The number of methoxy groups -OCH3 is 1. The number of hydrogen-bond donors (Lipinski definition) is 2. The van der Waals surface area contributed by atoms with E-state index in [1.165, 1.54) is 0 Å². The van der Waals surface area contributed by atoms with E-state index in [1.807, 2.05) is 19.1 Å². The minimum atomic E-state index is -0.828. The number of carbonyl (C=O) groups excluding carboxylic acids is 1. The molecule has 5 nitrogen and oxygen atoms in total. The molecule has 0 heterocycles. The van der Waals surface area contributed by atoms with Crippen LogP contribution in [0.2, 0.25) is 0 Å². The highest BCUT2D eigenvalue weighted by Crippen LogP contribution is 2.49. The smallest absolute Gasteiger partial charge is 0.307 e. The normalized spacial score (nSPS) is 29.1. The van der Waals surface area contributed by atoms with Crippen LogP contribution < -0.4 is 10.1 Å². The maximum Gasteiger partial charge on any atom is 0.307 e. The van der Waals surface area contributed by atoms with E-state index in [2.05, 4.69) is 5.32 Å². The molecule has 0 aliphatic heterocycles. The van der Waals surface area contributed by atoms with Gasteiger partial charge in [0.1, 0.15) is 5.75 Å². The Morgan fingerprint density at radius 3 is 2.26 bits per heavy atom. The summed E-state index contributed by atoms with van der Waals surface area (Å²) in [5.41, 5.74) is 1.63. The number of rotatable bonds is 4. The summed E-state index contributed by atoms with van der Waals surface area (Å²) in [6.45, 7) is 1.90. The van der Waals surface area contributed by atoms with Crippen molar-refractivity contribution in [3.63, 3.8) is 0 Å². The SMILES string of the molecule is COc1ccc(NC(=O)[C@@H]2C3CCC(CC3)[C@@H]2C(=O)O)c(C)c1. The van der Waals surface area contributed by atoms with Crippen LogP contribution in [0.4, 0.5) is 5.69 Å². The van der Waals surface area contributed by atoms with Crippen molar-refractivity contribution in [2.45, 2.75) is 32.6 Å². The average molecular weight is 317 g/mol. The van der Waals surface area contributed by atoms with Crippen LogP contribution >= 0.6 is 0 Å². The summed E-state index contributed by atoms with van der Waals surface area (Å²) < 4.78 is 5.17. The lowest BCUT2D eigenvalue weighted by Gasteiger charge is -2.45. The molecule has 0 saturated heterocycles. The van der Waals surface area contributed by atoms with Crippen LogP contribution in [0.15, 0.2) is 18.2 Å². The van der Waals surface area contributed by atoms with Gasteiger partial charge in [0.25, 0.3) is 0 Å². The first-order valence-corrected chi connectivity index (χ1v) is 8.19. The van der Waals surface area contributed by atoms with E-state index in [9.17, 15) is 14.7 Å². The standard InChI is InChI=1S/C18H23NO4/c1-10-9-13(23-2)7-8-14(10)19-17(20)15-11-3-5-12(6-4-11)16(15)18(21)22/h7-9,11-12,15-16H,3-6H2,1-2H3,(H,19,20)(H,21,22)/t11?,12?,15-,16+/m1/s1. The lowest BCUT2D eigenvalue weighted by atomic mass is 9.58. The third-order valence-electron chi connectivity index (χ3n) is 5.50. The molecule has 23 heavy (non-hydrogen) atoms. The van der Waals surface area contributed by atoms with Gasteiger partial charge in [-0.1, -0.05) is 0 Å². The Kier molecular flexibility index (Phi) is 4.28. The third kappa shape index (κ3) is 2.92. The molecule has 1 amide bonds. The van der Waals surface area contributed by atoms with E-state index >= 15 is 0 Å². The maximum atomic E-state index is 12.8. The van der Waals surface area contributed by atoms with Crippen LogP contribution in [-0.2, 0) is 9.59 Å². The van der Waals surface area contributed by atoms with Gasteiger partial charge in [-0.05, 0) is 68.2 Å². The molecule has 0 unspecified atom stereocenters. The highest BCUT2D eigenvalue weighted by Gasteiger charge is 2.50. The van der Waals surface area contributed by atoms with Crippen LogP contribution in [0.5, 0.6) is 5.75 Å². The van der Waals surface area contributed by atoms with E-state index in [0.29, 0.717) is 0 Å². The Morgan fingerprint density at radius 1 is 1.13 bits per heavy atom. The summed E-state index contributed by atoms with van der Waals surface area (Å²) in [5.74, 6) is -0.862. The Labute approximate surface area is 136 Å². The molecule has 2 bridgehead atoms. The molecule has 1 aromatic rings. The Morgan fingerprint density at radius 2 is 1.74 bits per heavy atom. The van der Waals surface area contributed by atoms with Crippen LogP contribution in [0.1, 0.15) is 31.2 Å². The molecule has 1 aromatic carbocycles. The van der Waals surface area contributed by atoms with Crippen molar-refractivity contribution in [1.82, 2.24) is 0 Å². The molecular formula is C18H23NO4. The van der Waals surface area contributed by atoms with Gasteiger partial charge in [0.05, 0.1) is 18.9 Å². The van der Waals surface area contributed by atoms with Gasteiger partial charge in [0.2, 0.25) is 5.91 Å². The number of carbonyl (C=O) groups is 2. The minimum Gasteiger partial charge on any atom is -0.497 e. The summed E-state index contributed by atoms with van der Waals surface area (Å²) in [7, 11) is 1.60. The number of aliphatic carboxylic acids is 1. The van der Waals surface area contributed by atoms with Gasteiger partial charge in [0.15, 0.2) is 0 Å². The lowest BCUT2D eigenvalue weighted by Crippen LogP contribution is -2.49. The molecule has 3 aliphatic rings. The molecule has 3 saturated carbocycles. The Hall–Kier alpha value is -2.04. The monoisotopic (exact) mass is 317 g/mol. The molecular weight excluding hydrogens is 294 g/mol. The zero-order valence-electron chi connectivity index (χ0n) is 13.5. The van der Waals surface area contributed by atoms with Crippen LogP contribution in [0, 0.1) is 30.6 Å². The fourth-order valence-electron chi connectivity index (χ4n) is 4.30. The summed E-state index contributed by atoms with van der Waals surface area (Å²) in [5, 5.41) is 12.5. The number of benzene rings is 1. The second kappa shape index (κ2) is 6.22. The van der Waals surface area contributed by atoms with Crippen LogP contribution in [-0.4, -0.2) is 24.1 Å². The molecule has 0 spiro atoms. The van der Waals surface area contributed by atoms with Crippen LogP contribution in [0.3, 0.4) is 0 Å². The van der Waals surface area contributed by atoms with Gasteiger partial charge in [-0.3, -0.25) is 9.59 Å². The van der Waals surface area contributed by atoms with E-state index < -0.39 is 17.8 Å². The van der Waals surface area contributed by atoms with Gasteiger partial charge in [-0.25, -0.2) is 0 Å². The van der Waals surface area contributed by atoms with Crippen molar-refractivity contribution in [3.8, 4) is 5.75 Å². The Bertz CT molecular complexity index is 619. The summed E-state index contributed by atoms with van der Waals surface area (Å²) in [6, 6.07) is 5.46. The molecule has 4 rings (SSSR count). The number of amides is 1. The number of ether oxygens (including phenoxy) is 1. The van der Waals surface area contributed by atoms with Crippen LogP contribution in [0.25, 0.3) is 0 Å². The fraction of sp³-hybridized carbons (Fsp3) is 0.556. The molecule has 2 N–H and O–H groups in total. The molecule has 0 aromatic heterocycles. The topological polar surface area (TPSA) is 75.6 Å². The van der Waals surface area contributed by atoms with E-state index in [-0.39, 0.29) is 17.7 Å². The Balaban J connectivity index is 1.80. The molecule has 5 heteroatoms. The average Bonchev–Trinajstić information content (AvgIpc) is 2.56. The summed E-state index contributed by atoms with van der Waals surface area (Å²) >= 11 is 0. The summed E-state index contributed by atoms with van der Waals surface area (Å²) in [4.78, 5) is 24.4. The van der Waals surface area contributed by atoms with E-state index in [1.54, 1.807) is 13.2 Å². The number of hydrogen-bond acceptors (Lipinski definition) is 3. The fourth-order valence-corrected chi connectivity index (χ4v) is 4.30. The first-order valence-electron chi connectivity index (χ1n) is 8.19. The minimum absolute atomic E-state index is 0.144. The number of fused-ring (bicyclic) bond motifs is 3. The van der Waals surface area contributed by atoms with Gasteiger partial charge < -0.3 is 15.2 Å². The van der Waals surface area contributed by atoms with Crippen molar-refractivity contribution in [2.24, 2.45) is 23.7 Å². The van der Waals surface area contributed by atoms with Crippen molar-refractivity contribution in [2.75, 3.05) is 12.4 Å². The molecule has 0 radical (unpaired) electrons. The molecule has 124 valence electrons. The summed E-state index contributed by atoms with van der Waals surface area (Å²) in [6.07, 6.45) is 3.81. The van der Waals surface area contributed by atoms with Crippen molar-refractivity contribution >= 4 is 17.6 Å². The lowest BCUT2D eigenvalue weighted by molar-refractivity contribution is -0.156. The predicted molar refractivity (Wildman–Crippen MR) is 86.4 cm³/mol. The predicted octanol–water partition coefficient (Wildman–Crippen LogP) is 3.08. The number of aryl methyl sites for hydroxylation is 1. The van der Waals surface area contributed by atoms with Crippen molar-refractivity contribution < 1.29 is 19.4 Å². The number of nitrogens with one attached hydrogen (secondary N) is 1. The zero-order chi connectivity index (χ0) is 16.6. The molecule has 3 aliphatic carbocycles.